The Labute approximate surface area is 120 Å². The number of aromatic nitrogens is 1. The van der Waals surface area contributed by atoms with Gasteiger partial charge in [0.05, 0.1) is 6.54 Å². The van der Waals surface area contributed by atoms with E-state index >= 15 is 0 Å². The molecule has 0 aliphatic heterocycles. The molecule has 0 saturated carbocycles. The first-order valence-electron chi connectivity index (χ1n) is 6.04. The third-order valence-corrected chi connectivity index (χ3v) is 3.35. The average Bonchev–Trinajstić information content (AvgIpc) is 2.85. The molecule has 0 saturated heterocycles. The number of carboxylic acids is 1. The molecule has 0 bridgehead atoms. The largest absolute Gasteiger partial charge is 0.476 e. The topological polar surface area (TPSA) is 99.6 Å². The van der Waals surface area contributed by atoms with Crippen LogP contribution in [0.25, 0.3) is 0 Å². The highest BCUT2D eigenvalue weighted by Crippen LogP contribution is 2.09. The minimum atomic E-state index is -1.08. The van der Waals surface area contributed by atoms with Crippen molar-refractivity contribution in [2.75, 3.05) is 14.1 Å². The van der Waals surface area contributed by atoms with Crippen molar-refractivity contribution in [1.82, 2.24) is 15.2 Å². The molecule has 1 rings (SSSR count). The summed E-state index contributed by atoms with van der Waals surface area (Å²) in [5, 5.41) is 13.3. The van der Waals surface area contributed by atoms with E-state index in [1.54, 1.807) is 14.1 Å². The Morgan fingerprint density at radius 2 is 2.05 bits per heavy atom. The number of carbonyl (C=O) groups excluding carboxylic acids is 2. The molecule has 2 amide bonds. The Morgan fingerprint density at radius 1 is 1.35 bits per heavy atom. The number of carboxylic acid groups (broad SMARTS) is 1. The lowest BCUT2D eigenvalue weighted by Crippen LogP contribution is -2.24. The highest BCUT2D eigenvalue weighted by Gasteiger charge is 2.10. The van der Waals surface area contributed by atoms with Crippen LogP contribution in [0.15, 0.2) is 5.38 Å². The monoisotopic (exact) mass is 299 g/mol. The fraction of sp³-hybridized carbons (Fsp3) is 0.500. The third kappa shape index (κ3) is 5.35. The normalized spacial score (nSPS) is 10.1. The molecule has 2 N–H and O–H groups in total. The van der Waals surface area contributed by atoms with Gasteiger partial charge in [0.25, 0.3) is 0 Å². The summed E-state index contributed by atoms with van der Waals surface area (Å²) in [4.78, 5) is 38.8. The van der Waals surface area contributed by atoms with E-state index in [2.05, 4.69) is 10.3 Å². The molecule has 0 aliphatic carbocycles. The highest BCUT2D eigenvalue weighted by atomic mass is 32.1. The highest BCUT2D eigenvalue weighted by molar-refractivity contribution is 7.09. The molecule has 0 spiro atoms. The van der Waals surface area contributed by atoms with E-state index in [1.165, 1.54) is 21.6 Å². The summed E-state index contributed by atoms with van der Waals surface area (Å²) >= 11 is 1.19. The second-order valence-corrected chi connectivity index (χ2v) is 5.29. The Morgan fingerprint density at radius 3 is 2.60 bits per heavy atom. The molecule has 1 heterocycles. The first-order valence-corrected chi connectivity index (χ1v) is 6.92. The third-order valence-electron chi connectivity index (χ3n) is 2.50. The van der Waals surface area contributed by atoms with Gasteiger partial charge in [-0.1, -0.05) is 0 Å². The minimum Gasteiger partial charge on any atom is -0.476 e. The molecule has 1 aromatic heterocycles. The van der Waals surface area contributed by atoms with Crippen LogP contribution in [-0.2, 0) is 16.1 Å². The molecule has 0 unspecified atom stereocenters. The summed E-state index contributed by atoms with van der Waals surface area (Å²) in [6, 6.07) is 0. The van der Waals surface area contributed by atoms with Gasteiger partial charge in [-0.15, -0.1) is 11.3 Å². The summed E-state index contributed by atoms with van der Waals surface area (Å²) in [6.07, 6.45) is 1.08. The van der Waals surface area contributed by atoms with Gasteiger partial charge in [0.2, 0.25) is 11.8 Å². The van der Waals surface area contributed by atoms with Crippen molar-refractivity contribution in [2.24, 2.45) is 0 Å². The molecule has 0 aromatic carbocycles. The number of hydrogen-bond donors (Lipinski definition) is 2. The van der Waals surface area contributed by atoms with Crippen molar-refractivity contribution in [3.8, 4) is 0 Å². The van der Waals surface area contributed by atoms with Crippen LogP contribution in [0, 0.1) is 0 Å². The van der Waals surface area contributed by atoms with Crippen molar-refractivity contribution in [2.45, 2.75) is 25.8 Å². The van der Waals surface area contributed by atoms with Crippen molar-refractivity contribution < 1.29 is 19.5 Å². The lowest BCUT2D eigenvalue weighted by atomic mass is 10.2. The van der Waals surface area contributed by atoms with E-state index in [0.29, 0.717) is 17.8 Å². The minimum absolute atomic E-state index is 0.0103. The zero-order chi connectivity index (χ0) is 15.1. The summed E-state index contributed by atoms with van der Waals surface area (Å²) in [7, 11) is 3.34. The van der Waals surface area contributed by atoms with Crippen LogP contribution in [0.4, 0.5) is 0 Å². The average molecular weight is 299 g/mol. The van der Waals surface area contributed by atoms with E-state index in [1.807, 2.05) is 0 Å². The quantitative estimate of drug-likeness (QED) is 0.772. The number of thiazole rings is 1. The van der Waals surface area contributed by atoms with Gasteiger partial charge in [-0.2, -0.15) is 0 Å². The van der Waals surface area contributed by atoms with Gasteiger partial charge in [0.15, 0.2) is 5.69 Å². The van der Waals surface area contributed by atoms with Crippen LogP contribution in [0.1, 0.15) is 34.8 Å². The maximum atomic E-state index is 11.5. The maximum Gasteiger partial charge on any atom is 0.355 e. The number of aromatic carboxylic acids is 1. The molecular weight excluding hydrogens is 282 g/mol. The van der Waals surface area contributed by atoms with Crippen molar-refractivity contribution in [1.29, 1.82) is 0 Å². The first-order chi connectivity index (χ1) is 9.40. The van der Waals surface area contributed by atoms with Crippen LogP contribution in [-0.4, -0.2) is 46.9 Å². The number of carbonyl (C=O) groups is 3. The lowest BCUT2D eigenvalue weighted by Gasteiger charge is -2.09. The first kappa shape index (κ1) is 16.1. The predicted octanol–water partition coefficient (Wildman–Crippen LogP) is 0.716. The SMILES string of the molecule is CN(C)C(=O)CCCC(=O)NCc1nc(C(=O)O)cs1. The van der Waals surface area contributed by atoms with Gasteiger partial charge in [-0.25, -0.2) is 9.78 Å². The molecule has 1 aromatic rings. The van der Waals surface area contributed by atoms with Gasteiger partial charge in [0.1, 0.15) is 5.01 Å². The number of nitrogens with one attached hydrogen (secondary N) is 1. The second kappa shape index (κ2) is 7.59. The van der Waals surface area contributed by atoms with Crippen LogP contribution >= 0.6 is 11.3 Å². The van der Waals surface area contributed by atoms with Crippen molar-refractivity contribution in [3.63, 3.8) is 0 Å². The molecule has 0 atom stereocenters. The van der Waals surface area contributed by atoms with Crippen molar-refractivity contribution in [3.05, 3.63) is 16.1 Å². The molecule has 8 heteroatoms. The van der Waals surface area contributed by atoms with Crippen molar-refractivity contribution >= 4 is 29.1 Å². The molecule has 0 aliphatic rings. The van der Waals surface area contributed by atoms with Gasteiger partial charge >= 0.3 is 5.97 Å². The Balaban J connectivity index is 2.25. The van der Waals surface area contributed by atoms with Gasteiger partial charge in [-0.05, 0) is 6.42 Å². The maximum absolute atomic E-state index is 11.5. The van der Waals surface area contributed by atoms with E-state index < -0.39 is 5.97 Å². The standard InChI is InChI=1S/C12H17N3O4S/c1-15(2)11(17)5-3-4-9(16)13-6-10-14-8(7-20-10)12(18)19/h7H,3-6H2,1-2H3,(H,13,16)(H,18,19). The smallest absolute Gasteiger partial charge is 0.355 e. The predicted molar refractivity (Wildman–Crippen MR) is 73.5 cm³/mol. The summed E-state index contributed by atoms with van der Waals surface area (Å²) in [5.41, 5.74) is -0.0178. The number of hydrogen-bond acceptors (Lipinski definition) is 5. The van der Waals surface area contributed by atoms with E-state index in [4.69, 9.17) is 5.11 Å². The molecule has 110 valence electrons. The van der Waals surface area contributed by atoms with Crippen LogP contribution in [0.2, 0.25) is 0 Å². The summed E-state index contributed by atoms with van der Waals surface area (Å²) in [5.74, 6) is -1.27. The fourth-order valence-corrected chi connectivity index (χ4v) is 2.08. The van der Waals surface area contributed by atoms with Crippen LogP contribution in [0.5, 0.6) is 0 Å². The fourth-order valence-electron chi connectivity index (χ4n) is 1.38. The molecule has 7 nitrogen and oxygen atoms in total. The van der Waals surface area contributed by atoms with E-state index in [-0.39, 0.29) is 30.5 Å². The van der Waals surface area contributed by atoms with Crippen LogP contribution in [0.3, 0.4) is 0 Å². The Hall–Kier alpha value is -1.96. The Bertz CT molecular complexity index is 499. The zero-order valence-electron chi connectivity index (χ0n) is 11.4. The summed E-state index contributed by atoms with van der Waals surface area (Å²) in [6.45, 7) is 0.207. The number of nitrogens with zero attached hydrogens (tertiary/aromatic N) is 2. The van der Waals surface area contributed by atoms with E-state index in [9.17, 15) is 14.4 Å². The van der Waals surface area contributed by atoms with Crippen LogP contribution < -0.4 is 5.32 Å². The van der Waals surface area contributed by atoms with Gasteiger partial charge in [-0.3, -0.25) is 9.59 Å². The van der Waals surface area contributed by atoms with E-state index in [0.717, 1.165) is 0 Å². The van der Waals surface area contributed by atoms with Gasteiger partial charge < -0.3 is 15.3 Å². The molecule has 20 heavy (non-hydrogen) atoms. The van der Waals surface area contributed by atoms with Gasteiger partial charge in [0, 0.05) is 32.3 Å². The lowest BCUT2D eigenvalue weighted by molar-refractivity contribution is -0.129. The molecule has 0 radical (unpaired) electrons. The Kier molecular flexibility index (Phi) is 6.10. The number of amides is 2. The number of rotatable bonds is 7. The molecule has 0 fully saturated rings. The molecular formula is C12H17N3O4S. The zero-order valence-corrected chi connectivity index (χ0v) is 12.2. The second-order valence-electron chi connectivity index (χ2n) is 4.35. The summed E-state index contributed by atoms with van der Waals surface area (Å²) < 4.78 is 0.